The second-order valence-corrected chi connectivity index (χ2v) is 8.02. The van der Waals surface area contributed by atoms with E-state index in [1.165, 1.54) is 4.88 Å². The molecule has 1 fully saturated rings. The van der Waals surface area contributed by atoms with Gasteiger partial charge in [-0.2, -0.15) is 0 Å². The van der Waals surface area contributed by atoms with E-state index < -0.39 is 0 Å². The maximum absolute atomic E-state index is 12.9. The number of benzene rings is 2. The number of hydrogen-bond acceptors (Lipinski definition) is 3. The van der Waals surface area contributed by atoms with Gasteiger partial charge in [0.2, 0.25) is 5.91 Å². The quantitative estimate of drug-likeness (QED) is 0.630. The molecule has 1 aromatic heterocycles. The molecule has 1 amide bonds. The molecule has 28 heavy (non-hydrogen) atoms. The van der Waals surface area contributed by atoms with E-state index in [0.717, 1.165) is 42.2 Å². The van der Waals surface area contributed by atoms with Crippen LogP contribution in [0.2, 0.25) is 0 Å². The van der Waals surface area contributed by atoms with E-state index in [1.807, 2.05) is 41.8 Å². The van der Waals surface area contributed by atoms with Crippen molar-refractivity contribution in [2.24, 2.45) is 0 Å². The van der Waals surface area contributed by atoms with Crippen LogP contribution in [0, 0.1) is 11.8 Å². The molecule has 2 aromatic carbocycles. The molecule has 1 heterocycles. The third-order valence-corrected chi connectivity index (χ3v) is 6.47. The van der Waals surface area contributed by atoms with Crippen LogP contribution in [0.4, 0.5) is 0 Å². The Bertz CT molecular complexity index is 1000. The molecule has 1 saturated carbocycles. The lowest BCUT2D eigenvalue weighted by Gasteiger charge is -2.26. The number of fused-ring (bicyclic) bond motifs is 1. The Labute approximate surface area is 169 Å². The summed E-state index contributed by atoms with van der Waals surface area (Å²) in [6.45, 7) is 0.658. The monoisotopic (exact) mass is 389 g/mol. The van der Waals surface area contributed by atoms with E-state index in [1.54, 1.807) is 11.3 Å². The third-order valence-electron chi connectivity index (χ3n) is 5.40. The SMILES string of the molecule is O=C(NCC#CCOc1cccc2ccccc12)C1(c2cccs2)CCCC1. The maximum Gasteiger partial charge on any atom is 0.232 e. The Morgan fingerprint density at radius 2 is 1.86 bits per heavy atom. The van der Waals surface area contributed by atoms with Crippen molar-refractivity contribution in [3.63, 3.8) is 0 Å². The summed E-state index contributed by atoms with van der Waals surface area (Å²) in [5.74, 6) is 6.97. The first-order valence-electron chi connectivity index (χ1n) is 9.68. The van der Waals surface area contributed by atoms with Gasteiger partial charge in [0.25, 0.3) is 0 Å². The molecule has 3 nitrogen and oxygen atoms in total. The van der Waals surface area contributed by atoms with Crippen molar-refractivity contribution in [3.8, 4) is 17.6 Å². The highest BCUT2D eigenvalue weighted by atomic mass is 32.1. The molecule has 0 radical (unpaired) electrons. The summed E-state index contributed by atoms with van der Waals surface area (Å²) >= 11 is 1.68. The summed E-state index contributed by atoms with van der Waals surface area (Å²) in [5, 5.41) is 7.30. The van der Waals surface area contributed by atoms with Crippen molar-refractivity contribution in [2.45, 2.75) is 31.1 Å². The van der Waals surface area contributed by atoms with Crippen LogP contribution in [-0.4, -0.2) is 19.1 Å². The lowest BCUT2D eigenvalue weighted by atomic mass is 9.83. The minimum Gasteiger partial charge on any atom is -0.480 e. The number of rotatable bonds is 5. The van der Waals surface area contributed by atoms with E-state index in [0.29, 0.717) is 13.2 Å². The minimum atomic E-state index is -0.352. The summed E-state index contributed by atoms with van der Waals surface area (Å²) in [7, 11) is 0. The molecule has 0 spiro atoms. The zero-order valence-electron chi connectivity index (χ0n) is 15.7. The fourth-order valence-corrected chi connectivity index (χ4v) is 4.94. The van der Waals surface area contributed by atoms with Gasteiger partial charge in [0, 0.05) is 10.3 Å². The van der Waals surface area contributed by atoms with Gasteiger partial charge in [-0.05, 0) is 35.7 Å². The van der Waals surface area contributed by atoms with Gasteiger partial charge in [0.15, 0.2) is 0 Å². The molecule has 142 valence electrons. The van der Waals surface area contributed by atoms with Crippen LogP contribution >= 0.6 is 11.3 Å². The average molecular weight is 390 g/mol. The first-order valence-corrected chi connectivity index (χ1v) is 10.6. The first kappa shape index (κ1) is 18.6. The Kier molecular flexibility index (Phi) is 5.64. The Morgan fingerprint density at radius 1 is 1.04 bits per heavy atom. The molecule has 1 N–H and O–H groups in total. The average Bonchev–Trinajstić information content (AvgIpc) is 3.43. The normalized spacial score (nSPS) is 15.0. The van der Waals surface area contributed by atoms with Crippen molar-refractivity contribution < 1.29 is 9.53 Å². The molecular formula is C24H23NO2S. The van der Waals surface area contributed by atoms with E-state index >= 15 is 0 Å². The van der Waals surface area contributed by atoms with Crippen molar-refractivity contribution in [1.29, 1.82) is 0 Å². The van der Waals surface area contributed by atoms with Crippen molar-refractivity contribution >= 4 is 28.0 Å². The molecule has 1 aliphatic rings. The fraction of sp³-hybridized carbons (Fsp3) is 0.292. The molecule has 4 heteroatoms. The van der Waals surface area contributed by atoms with Crippen LogP contribution < -0.4 is 10.1 Å². The summed E-state index contributed by atoms with van der Waals surface area (Å²) in [6.07, 6.45) is 4.07. The summed E-state index contributed by atoms with van der Waals surface area (Å²) in [6, 6.07) is 18.2. The Morgan fingerprint density at radius 3 is 2.68 bits per heavy atom. The second kappa shape index (κ2) is 8.50. The summed E-state index contributed by atoms with van der Waals surface area (Å²) in [5.41, 5.74) is -0.352. The highest BCUT2D eigenvalue weighted by molar-refractivity contribution is 7.10. The maximum atomic E-state index is 12.9. The van der Waals surface area contributed by atoms with Gasteiger partial charge in [-0.25, -0.2) is 0 Å². The topological polar surface area (TPSA) is 38.3 Å². The summed E-state index contributed by atoms with van der Waals surface area (Å²) in [4.78, 5) is 14.0. The Hall–Kier alpha value is -2.77. The van der Waals surface area contributed by atoms with Crippen LogP contribution in [0.25, 0.3) is 10.8 Å². The number of ether oxygens (including phenoxy) is 1. The molecule has 0 unspecified atom stereocenters. The lowest BCUT2D eigenvalue weighted by molar-refractivity contribution is -0.126. The predicted molar refractivity (Wildman–Crippen MR) is 115 cm³/mol. The zero-order chi connectivity index (χ0) is 19.2. The first-order chi connectivity index (χ1) is 13.8. The largest absolute Gasteiger partial charge is 0.480 e. The zero-order valence-corrected chi connectivity index (χ0v) is 16.6. The van der Waals surface area contributed by atoms with Crippen LogP contribution in [0.15, 0.2) is 60.0 Å². The Balaban J connectivity index is 1.32. The molecule has 1 aliphatic carbocycles. The highest BCUT2D eigenvalue weighted by Gasteiger charge is 2.43. The number of carbonyl (C=O) groups excluding carboxylic acids is 1. The fourth-order valence-electron chi connectivity index (χ4n) is 3.96. The van der Waals surface area contributed by atoms with Gasteiger partial charge in [0.05, 0.1) is 12.0 Å². The van der Waals surface area contributed by atoms with Crippen molar-refractivity contribution in [2.75, 3.05) is 13.2 Å². The standard InChI is InChI=1S/C24H23NO2S/c26-23(24(14-3-4-15-24)22-13-8-18-28-22)25-16-5-6-17-27-21-12-7-10-19-9-1-2-11-20(19)21/h1-2,7-13,18H,3-4,14-17H2,(H,25,26). The minimum absolute atomic E-state index is 0.108. The molecular weight excluding hydrogens is 366 g/mol. The lowest BCUT2D eigenvalue weighted by Crippen LogP contribution is -2.42. The van der Waals surface area contributed by atoms with Gasteiger partial charge in [-0.15, -0.1) is 11.3 Å². The van der Waals surface area contributed by atoms with Gasteiger partial charge in [-0.3, -0.25) is 4.79 Å². The van der Waals surface area contributed by atoms with E-state index in [4.69, 9.17) is 4.74 Å². The smallest absolute Gasteiger partial charge is 0.232 e. The van der Waals surface area contributed by atoms with Crippen molar-refractivity contribution in [3.05, 3.63) is 64.9 Å². The molecule has 0 aliphatic heterocycles. The van der Waals surface area contributed by atoms with Crippen LogP contribution in [0.1, 0.15) is 30.6 Å². The molecule has 3 aromatic rings. The van der Waals surface area contributed by atoms with Crippen LogP contribution in [0.3, 0.4) is 0 Å². The van der Waals surface area contributed by atoms with E-state index in [2.05, 4.69) is 35.4 Å². The van der Waals surface area contributed by atoms with Crippen molar-refractivity contribution in [1.82, 2.24) is 5.32 Å². The molecule has 4 rings (SSSR count). The number of nitrogens with one attached hydrogen (secondary N) is 1. The molecule has 0 atom stereocenters. The highest BCUT2D eigenvalue weighted by Crippen LogP contribution is 2.43. The van der Waals surface area contributed by atoms with Crippen LogP contribution in [-0.2, 0) is 10.2 Å². The second-order valence-electron chi connectivity index (χ2n) is 7.07. The van der Waals surface area contributed by atoms with Gasteiger partial charge < -0.3 is 10.1 Å². The number of carbonyl (C=O) groups is 1. The molecule has 0 saturated heterocycles. The van der Waals surface area contributed by atoms with Gasteiger partial charge in [-0.1, -0.05) is 67.1 Å². The predicted octanol–water partition coefficient (Wildman–Crippen LogP) is 4.91. The van der Waals surface area contributed by atoms with Crippen LogP contribution in [0.5, 0.6) is 5.75 Å². The van der Waals surface area contributed by atoms with E-state index in [9.17, 15) is 4.79 Å². The van der Waals surface area contributed by atoms with Gasteiger partial charge >= 0.3 is 0 Å². The number of amides is 1. The number of hydrogen-bond donors (Lipinski definition) is 1. The third kappa shape index (κ3) is 3.76. The van der Waals surface area contributed by atoms with Gasteiger partial charge in [0.1, 0.15) is 12.4 Å². The van der Waals surface area contributed by atoms with E-state index in [-0.39, 0.29) is 11.3 Å². The summed E-state index contributed by atoms with van der Waals surface area (Å²) < 4.78 is 5.82. The molecule has 0 bridgehead atoms. The number of thiophene rings is 1.